The van der Waals surface area contributed by atoms with Crippen LogP contribution in [-0.4, -0.2) is 16.1 Å². The lowest BCUT2D eigenvalue weighted by Crippen LogP contribution is -2.25. The first-order valence-corrected chi connectivity index (χ1v) is 7.89. The van der Waals surface area contributed by atoms with Gasteiger partial charge < -0.3 is 9.88 Å². The standard InChI is InChI=1S/C18H25N3/c1-18(2,3)10-12-21-16-9-11-19-13-15(16)20-17(21)14-7-5-4-6-8-14/h4-8,19H,9-13H2,1-3H3. The van der Waals surface area contributed by atoms with Gasteiger partial charge in [-0.25, -0.2) is 4.98 Å². The molecule has 0 bridgehead atoms. The summed E-state index contributed by atoms with van der Waals surface area (Å²) in [6.07, 6.45) is 2.25. The number of hydrogen-bond donors (Lipinski definition) is 1. The highest BCUT2D eigenvalue weighted by molar-refractivity contribution is 5.57. The highest BCUT2D eigenvalue weighted by Crippen LogP contribution is 2.27. The number of benzene rings is 1. The minimum Gasteiger partial charge on any atom is -0.328 e. The van der Waals surface area contributed by atoms with Crippen LogP contribution in [0.15, 0.2) is 30.3 Å². The summed E-state index contributed by atoms with van der Waals surface area (Å²) in [4.78, 5) is 4.92. The Morgan fingerprint density at radius 3 is 2.67 bits per heavy atom. The highest BCUT2D eigenvalue weighted by Gasteiger charge is 2.21. The summed E-state index contributed by atoms with van der Waals surface area (Å²) in [5.74, 6) is 1.13. The molecule has 21 heavy (non-hydrogen) atoms. The lowest BCUT2D eigenvalue weighted by Gasteiger charge is -2.21. The summed E-state index contributed by atoms with van der Waals surface area (Å²) in [6.45, 7) is 9.93. The zero-order valence-electron chi connectivity index (χ0n) is 13.3. The number of nitrogens with one attached hydrogen (secondary N) is 1. The summed E-state index contributed by atoms with van der Waals surface area (Å²) >= 11 is 0. The number of rotatable bonds is 3. The Balaban J connectivity index is 2.00. The van der Waals surface area contributed by atoms with Crippen LogP contribution < -0.4 is 5.32 Å². The topological polar surface area (TPSA) is 29.9 Å². The monoisotopic (exact) mass is 283 g/mol. The first-order chi connectivity index (χ1) is 10.0. The van der Waals surface area contributed by atoms with E-state index < -0.39 is 0 Å². The van der Waals surface area contributed by atoms with Crippen molar-refractivity contribution in [2.24, 2.45) is 5.41 Å². The van der Waals surface area contributed by atoms with Gasteiger partial charge in [-0.2, -0.15) is 0 Å². The molecule has 0 radical (unpaired) electrons. The molecule has 3 heteroatoms. The van der Waals surface area contributed by atoms with E-state index in [1.165, 1.54) is 23.4 Å². The van der Waals surface area contributed by atoms with Crippen LogP contribution in [0.2, 0.25) is 0 Å². The minimum atomic E-state index is 0.345. The Morgan fingerprint density at radius 2 is 1.95 bits per heavy atom. The Hall–Kier alpha value is -1.61. The van der Waals surface area contributed by atoms with Crippen LogP contribution in [0, 0.1) is 5.41 Å². The normalized spacial score (nSPS) is 15.0. The first kappa shape index (κ1) is 14.3. The van der Waals surface area contributed by atoms with Crippen molar-refractivity contribution >= 4 is 0 Å². The molecule has 0 saturated carbocycles. The summed E-state index contributed by atoms with van der Waals surface area (Å²) < 4.78 is 2.46. The maximum atomic E-state index is 4.92. The van der Waals surface area contributed by atoms with Crippen LogP contribution in [0.5, 0.6) is 0 Å². The molecule has 1 aromatic carbocycles. The molecule has 0 amide bonds. The molecular formula is C18H25N3. The summed E-state index contributed by atoms with van der Waals surface area (Å²) in [6, 6.07) is 10.6. The van der Waals surface area contributed by atoms with Gasteiger partial charge in [0.05, 0.1) is 5.69 Å². The fraction of sp³-hybridized carbons (Fsp3) is 0.500. The van der Waals surface area contributed by atoms with Gasteiger partial charge in [0.15, 0.2) is 0 Å². The van der Waals surface area contributed by atoms with E-state index in [4.69, 9.17) is 4.98 Å². The first-order valence-electron chi connectivity index (χ1n) is 7.89. The summed E-state index contributed by atoms with van der Waals surface area (Å²) in [5, 5.41) is 3.43. The minimum absolute atomic E-state index is 0.345. The van der Waals surface area contributed by atoms with Crippen LogP contribution in [0.25, 0.3) is 11.4 Å². The van der Waals surface area contributed by atoms with E-state index in [1.54, 1.807) is 0 Å². The third kappa shape index (κ3) is 3.18. The van der Waals surface area contributed by atoms with Crippen molar-refractivity contribution in [3.63, 3.8) is 0 Å². The van der Waals surface area contributed by atoms with Crippen molar-refractivity contribution in [2.75, 3.05) is 6.54 Å². The van der Waals surface area contributed by atoms with Gasteiger partial charge in [0, 0.05) is 37.3 Å². The lowest BCUT2D eigenvalue weighted by atomic mass is 9.92. The van der Waals surface area contributed by atoms with Gasteiger partial charge in [-0.05, 0) is 11.8 Å². The SMILES string of the molecule is CC(C)(C)CCn1c(-c2ccccc2)nc2c1CCNC2. The lowest BCUT2D eigenvalue weighted by molar-refractivity contribution is 0.348. The Morgan fingerprint density at radius 1 is 1.19 bits per heavy atom. The van der Waals surface area contributed by atoms with Gasteiger partial charge in [0.25, 0.3) is 0 Å². The Kier molecular flexibility index (Phi) is 3.85. The second-order valence-corrected chi connectivity index (χ2v) is 7.08. The van der Waals surface area contributed by atoms with E-state index >= 15 is 0 Å². The molecule has 0 unspecified atom stereocenters. The molecular weight excluding hydrogens is 258 g/mol. The molecule has 0 atom stereocenters. The molecule has 2 aromatic rings. The zero-order chi connectivity index (χ0) is 14.9. The van der Waals surface area contributed by atoms with Crippen molar-refractivity contribution in [2.45, 2.75) is 46.7 Å². The zero-order valence-corrected chi connectivity index (χ0v) is 13.3. The van der Waals surface area contributed by atoms with Crippen molar-refractivity contribution in [1.82, 2.24) is 14.9 Å². The third-order valence-electron chi connectivity index (χ3n) is 4.10. The number of hydrogen-bond acceptors (Lipinski definition) is 2. The number of imidazole rings is 1. The molecule has 112 valence electrons. The molecule has 1 aromatic heterocycles. The molecule has 2 heterocycles. The van der Waals surface area contributed by atoms with E-state index in [0.29, 0.717) is 5.41 Å². The van der Waals surface area contributed by atoms with Crippen LogP contribution in [0.3, 0.4) is 0 Å². The van der Waals surface area contributed by atoms with Crippen LogP contribution in [-0.2, 0) is 19.5 Å². The fourth-order valence-corrected chi connectivity index (χ4v) is 2.87. The second kappa shape index (κ2) is 5.64. The molecule has 0 spiro atoms. The summed E-state index contributed by atoms with van der Waals surface area (Å²) in [5.41, 5.74) is 4.23. The van der Waals surface area contributed by atoms with Gasteiger partial charge in [-0.15, -0.1) is 0 Å². The maximum absolute atomic E-state index is 4.92. The van der Waals surface area contributed by atoms with E-state index in [2.05, 4.69) is 61.0 Å². The predicted molar refractivity (Wildman–Crippen MR) is 87.1 cm³/mol. The van der Waals surface area contributed by atoms with E-state index in [-0.39, 0.29) is 0 Å². The van der Waals surface area contributed by atoms with E-state index in [0.717, 1.165) is 31.9 Å². The largest absolute Gasteiger partial charge is 0.328 e. The molecule has 1 aliphatic heterocycles. The smallest absolute Gasteiger partial charge is 0.140 e. The molecule has 0 saturated heterocycles. The Labute approximate surface area is 127 Å². The van der Waals surface area contributed by atoms with Crippen molar-refractivity contribution < 1.29 is 0 Å². The summed E-state index contributed by atoms with van der Waals surface area (Å²) in [7, 11) is 0. The number of nitrogens with zero attached hydrogens (tertiary/aromatic N) is 2. The average molecular weight is 283 g/mol. The van der Waals surface area contributed by atoms with Crippen LogP contribution in [0.4, 0.5) is 0 Å². The fourth-order valence-electron chi connectivity index (χ4n) is 2.87. The van der Waals surface area contributed by atoms with E-state index in [1.807, 2.05) is 0 Å². The molecule has 3 rings (SSSR count). The third-order valence-corrected chi connectivity index (χ3v) is 4.10. The van der Waals surface area contributed by atoms with E-state index in [9.17, 15) is 0 Å². The molecule has 1 aliphatic rings. The molecule has 0 fully saturated rings. The number of fused-ring (bicyclic) bond motifs is 1. The van der Waals surface area contributed by atoms with Crippen LogP contribution in [0.1, 0.15) is 38.6 Å². The Bertz CT molecular complexity index is 605. The van der Waals surface area contributed by atoms with Gasteiger partial charge in [-0.1, -0.05) is 51.1 Å². The maximum Gasteiger partial charge on any atom is 0.140 e. The quantitative estimate of drug-likeness (QED) is 0.932. The van der Waals surface area contributed by atoms with Crippen LogP contribution >= 0.6 is 0 Å². The predicted octanol–water partition coefficient (Wildman–Crippen LogP) is 3.63. The van der Waals surface area contributed by atoms with Crippen molar-refractivity contribution in [3.05, 3.63) is 41.7 Å². The number of aromatic nitrogens is 2. The highest BCUT2D eigenvalue weighted by atomic mass is 15.1. The average Bonchev–Trinajstić information content (AvgIpc) is 2.84. The molecule has 0 aliphatic carbocycles. The van der Waals surface area contributed by atoms with Gasteiger partial charge in [-0.3, -0.25) is 0 Å². The van der Waals surface area contributed by atoms with Crippen molar-refractivity contribution in [1.29, 1.82) is 0 Å². The molecule has 1 N–H and O–H groups in total. The molecule has 3 nitrogen and oxygen atoms in total. The van der Waals surface area contributed by atoms with Gasteiger partial charge >= 0.3 is 0 Å². The van der Waals surface area contributed by atoms with Crippen molar-refractivity contribution in [3.8, 4) is 11.4 Å². The second-order valence-electron chi connectivity index (χ2n) is 7.08. The van der Waals surface area contributed by atoms with Gasteiger partial charge in [0.1, 0.15) is 5.82 Å². The van der Waals surface area contributed by atoms with Gasteiger partial charge in [0.2, 0.25) is 0 Å².